The average molecular weight is 182 g/mol. The number of hydrogen-bond donors (Lipinski definition) is 1. The van der Waals surface area contributed by atoms with Gasteiger partial charge < -0.3 is 10.1 Å². The van der Waals surface area contributed by atoms with Gasteiger partial charge in [-0.1, -0.05) is 0 Å². The van der Waals surface area contributed by atoms with Gasteiger partial charge in [0.2, 0.25) is 0 Å². The third-order valence-electron chi connectivity index (χ3n) is 2.64. The Morgan fingerprint density at radius 1 is 1.62 bits per heavy atom. The third-order valence-corrected chi connectivity index (χ3v) is 2.64. The first-order valence-electron chi connectivity index (χ1n) is 4.92. The molecule has 74 valence electrons. The fourth-order valence-electron chi connectivity index (χ4n) is 1.90. The fraction of sp³-hybridized carbons (Fsp3) is 0.900. The summed E-state index contributed by atoms with van der Waals surface area (Å²) in [6.07, 6.45) is 4.43. The van der Waals surface area contributed by atoms with Gasteiger partial charge >= 0.3 is 0 Å². The molecule has 1 aliphatic carbocycles. The molecule has 1 rings (SSSR count). The van der Waals surface area contributed by atoms with Crippen molar-refractivity contribution in [2.45, 2.75) is 50.8 Å². The zero-order valence-corrected chi connectivity index (χ0v) is 8.42. The summed E-state index contributed by atoms with van der Waals surface area (Å²) >= 11 is 0. The van der Waals surface area contributed by atoms with Crippen molar-refractivity contribution in [3.63, 3.8) is 0 Å². The molecule has 0 amide bonds. The SMILES string of the molecule is COC1CCC(NC(C)CC#N)C1. The van der Waals surface area contributed by atoms with E-state index in [1.54, 1.807) is 7.11 Å². The lowest BCUT2D eigenvalue weighted by Gasteiger charge is -2.16. The van der Waals surface area contributed by atoms with E-state index in [0.717, 1.165) is 12.8 Å². The summed E-state index contributed by atoms with van der Waals surface area (Å²) in [5.74, 6) is 0. The first kappa shape index (κ1) is 10.5. The molecule has 0 spiro atoms. The molecule has 1 aliphatic rings. The fourth-order valence-corrected chi connectivity index (χ4v) is 1.90. The van der Waals surface area contributed by atoms with Crippen LogP contribution >= 0.6 is 0 Å². The molecule has 1 saturated carbocycles. The van der Waals surface area contributed by atoms with Crippen molar-refractivity contribution >= 4 is 0 Å². The minimum atomic E-state index is 0.311. The number of hydrogen-bond acceptors (Lipinski definition) is 3. The zero-order valence-electron chi connectivity index (χ0n) is 8.42. The molecule has 0 aromatic rings. The summed E-state index contributed by atoms with van der Waals surface area (Å²) in [7, 11) is 1.77. The maximum absolute atomic E-state index is 8.49. The van der Waals surface area contributed by atoms with E-state index in [1.807, 2.05) is 0 Å². The molecule has 3 atom stereocenters. The van der Waals surface area contributed by atoms with Crippen LogP contribution in [0.5, 0.6) is 0 Å². The highest BCUT2D eigenvalue weighted by atomic mass is 16.5. The molecule has 0 aromatic carbocycles. The van der Waals surface area contributed by atoms with E-state index in [1.165, 1.54) is 6.42 Å². The van der Waals surface area contributed by atoms with Crippen LogP contribution in [0.2, 0.25) is 0 Å². The Kier molecular flexibility index (Phi) is 4.20. The molecule has 3 nitrogen and oxygen atoms in total. The topological polar surface area (TPSA) is 45.0 Å². The number of ether oxygens (including phenoxy) is 1. The molecular formula is C10H18N2O. The van der Waals surface area contributed by atoms with E-state index in [0.29, 0.717) is 24.6 Å². The van der Waals surface area contributed by atoms with Crippen LogP contribution < -0.4 is 5.32 Å². The van der Waals surface area contributed by atoms with Gasteiger partial charge in [-0.25, -0.2) is 0 Å². The smallest absolute Gasteiger partial charge is 0.0638 e. The summed E-state index contributed by atoms with van der Waals surface area (Å²) < 4.78 is 5.28. The lowest BCUT2D eigenvalue weighted by Crippen LogP contribution is -2.34. The largest absolute Gasteiger partial charge is 0.381 e. The summed E-state index contributed by atoms with van der Waals surface area (Å²) in [4.78, 5) is 0. The quantitative estimate of drug-likeness (QED) is 0.715. The predicted molar refractivity (Wildman–Crippen MR) is 51.3 cm³/mol. The van der Waals surface area contributed by atoms with Crippen LogP contribution in [0.3, 0.4) is 0 Å². The van der Waals surface area contributed by atoms with Gasteiger partial charge in [0.05, 0.1) is 18.6 Å². The van der Waals surface area contributed by atoms with Crippen molar-refractivity contribution in [1.82, 2.24) is 5.32 Å². The highest BCUT2D eigenvalue weighted by Crippen LogP contribution is 2.21. The monoisotopic (exact) mass is 182 g/mol. The van der Waals surface area contributed by atoms with E-state index >= 15 is 0 Å². The molecule has 13 heavy (non-hydrogen) atoms. The van der Waals surface area contributed by atoms with Crippen molar-refractivity contribution in [3.05, 3.63) is 0 Å². The maximum Gasteiger partial charge on any atom is 0.0638 e. The van der Waals surface area contributed by atoms with E-state index < -0.39 is 0 Å². The van der Waals surface area contributed by atoms with Crippen LogP contribution in [0.4, 0.5) is 0 Å². The van der Waals surface area contributed by atoms with Crippen molar-refractivity contribution < 1.29 is 4.74 Å². The lowest BCUT2D eigenvalue weighted by atomic mass is 10.2. The third kappa shape index (κ3) is 3.33. The molecule has 0 radical (unpaired) electrons. The molecule has 0 bridgehead atoms. The van der Waals surface area contributed by atoms with E-state index in [4.69, 9.17) is 10.00 Å². The highest BCUT2D eigenvalue weighted by molar-refractivity contribution is 4.85. The Balaban J connectivity index is 2.20. The maximum atomic E-state index is 8.49. The van der Waals surface area contributed by atoms with Crippen molar-refractivity contribution in [1.29, 1.82) is 5.26 Å². The van der Waals surface area contributed by atoms with Gasteiger partial charge in [0.1, 0.15) is 0 Å². The summed E-state index contributed by atoms with van der Waals surface area (Å²) in [5, 5.41) is 11.9. The number of rotatable bonds is 4. The molecule has 3 unspecified atom stereocenters. The Morgan fingerprint density at radius 2 is 2.38 bits per heavy atom. The second kappa shape index (κ2) is 5.21. The molecule has 0 heterocycles. The summed E-state index contributed by atoms with van der Waals surface area (Å²) in [5.41, 5.74) is 0. The molecule has 0 saturated heterocycles. The average Bonchev–Trinajstić information content (AvgIpc) is 2.52. The molecule has 1 N–H and O–H groups in total. The second-order valence-electron chi connectivity index (χ2n) is 3.80. The normalized spacial score (nSPS) is 29.9. The summed E-state index contributed by atoms with van der Waals surface area (Å²) in [6, 6.07) is 3.03. The van der Waals surface area contributed by atoms with E-state index in [-0.39, 0.29) is 0 Å². The predicted octanol–water partition coefficient (Wildman–Crippen LogP) is 1.45. The standard InChI is InChI=1S/C10H18N2O/c1-8(5-6-11)12-9-3-4-10(7-9)13-2/h8-10,12H,3-5,7H2,1-2H3. The molecule has 0 aliphatic heterocycles. The van der Waals surface area contributed by atoms with Crippen molar-refractivity contribution in [3.8, 4) is 6.07 Å². The number of methoxy groups -OCH3 is 1. The molecule has 1 fully saturated rings. The van der Waals surface area contributed by atoms with Crippen LogP contribution in [0, 0.1) is 11.3 Å². The Bertz CT molecular complexity index is 188. The van der Waals surface area contributed by atoms with E-state index in [9.17, 15) is 0 Å². The minimum Gasteiger partial charge on any atom is -0.381 e. The second-order valence-corrected chi connectivity index (χ2v) is 3.80. The molecular weight excluding hydrogens is 164 g/mol. The number of nitrogens with one attached hydrogen (secondary N) is 1. The van der Waals surface area contributed by atoms with Gasteiger partial charge in [-0.3, -0.25) is 0 Å². The Labute approximate surface area is 80.1 Å². The lowest BCUT2D eigenvalue weighted by molar-refractivity contribution is 0.106. The molecule has 0 aromatic heterocycles. The van der Waals surface area contributed by atoms with Crippen LogP contribution in [0.25, 0.3) is 0 Å². The first-order valence-corrected chi connectivity index (χ1v) is 4.92. The Morgan fingerprint density at radius 3 is 2.92 bits per heavy atom. The van der Waals surface area contributed by atoms with Gasteiger partial charge in [-0.15, -0.1) is 0 Å². The van der Waals surface area contributed by atoms with Crippen molar-refractivity contribution in [2.75, 3.05) is 7.11 Å². The van der Waals surface area contributed by atoms with E-state index in [2.05, 4.69) is 18.3 Å². The van der Waals surface area contributed by atoms with Crippen LogP contribution in [0.1, 0.15) is 32.6 Å². The number of nitriles is 1. The van der Waals surface area contributed by atoms with Gasteiger partial charge in [0.25, 0.3) is 0 Å². The number of nitrogens with zero attached hydrogens (tertiary/aromatic N) is 1. The first-order chi connectivity index (χ1) is 6.26. The highest BCUT2D eigenvalue weighted by Gasteiger charge is 2.24. The minimum absolute atomic E-state index is 0.311. The van der Waals surface area contributed by atoms with Crippen LogP contribution in [-0.4, -0.2) is 25.3 Å². The van der Waals surface area contributed by atoms with Crippen LogP contribution in [0.15, 0.2) is 0 Å². The van der Waals surface area contributed by atoms with Crippen LogP contribution in [-0.2, 0) is 4.74 Å². The van der Waals surface area contributed by atoms with Gasteiger partial charge in [-0.2, -0.15) is 5.26 Å². The summed E-state index contributed by atoms with van der Waals surface area (Å²) in [6.45, 7) is 2.06. The Hall–Kier alpha value is -0.590. The zero-order chi connectivity index (χ0) is 9.68. The van der Waals surface area contributed by atoms with Gasteiger partial charge in [0.15, 0.2) is 0 Å². The van der Waals surface area contributed by atoms with Crippen molar-refractivity contribution in [2.24, 2.45) is 0 Å². The van der Waals surface area contributed by atoms with Gasteiger partial charge in [0, 0.05) is 19.2 Å². The van der Waals surface area contributed by atoms with Gasteiger partial charge in [-0.05, 0) is 26.2 Å². The molecule has 3 heteroatoms.